The first kappa shape index (κ1) is 11.7. The van der Waals surface area contributed by atoms with Gasteiger partial charge in [0, 0.05) is 23.6 Å². The number of thiophene rings is 1. The summed E-state index contributed by atoms with van der Waals surface area (Å²) in [6.07, 6.45) is 5.71. The van der Waals surface area contributed by atoms with Crippen molar-refractivity contribution in [1.82, 2.24) is 5.32 Å². The molecule has 0 saturated heterocycles. The highest BCUT2D eigenvalue weighted by Gasteiger charge is 2.37. The Labute approximate surface area is 107 Å². The fourth-order valence-corrected chi connectivity index (χ4v) is 3.55. The molecule has 0 aliphatic heterocycles. The summed E-state index contributed by atoms with van der Waals surface area (Å²) in [7, 11) is 0. The van der Waals surface area contributed by atoms with E-state index in [1.54, 1.807) is 0 Å². The summed E-state index contributed by atoms with van der Waals surface area (Å²) in [6, 6.07) is 5.74. The Hall–Kier alpha value is -0.380. The van der Waals surface area contributed by atoms with E-state index < -0.39 is 0 Å². The third kappa shape index (κ3) is 2.72. The van der Waals surface area contributed by atoms with Gasteiger partial charge in [0.15, 0.2) is 0 Å². The molecule has 1 atom stereocenters. The Balaban J connectivity index is 1.53. The Bertz CT molecular complexity index is 341. The standard InChI is InChI=1S/C14H21NOS/c1-2-16-12-8-11(9-12)15-14(10-5-6-10)13-4-3-7-17-13/h3-4,7,10-12,14-15H,2,5-6,8-9H2,1H3. The topological polar surface area (TPSA) is 21.3 Å². The van der Waals surface area contributed by atoms with Gasteiger partial charge in [0.25, 0.3) is 0 Å². The van der Waals surface area contributed by atoms with E-state index in [2.05, 4.69) is 29.8 Å². The molecule has 1 aromatic heterocycles. The molecule has 2 nitrogen and oxygen atoms in total. The van der Waals surface area contributed by atoms with Crippen LogP contribution in [-0.4, -0.2) is 18.8 Å². The largest absolute Gasteiger partial charge is 0.378 e. The molecule has 0 amide bonds. The molecular formula is C14H21NOS. The molecule has 94 valence electrons. The van der Waals surface area contributed by atoms with Crippen molar-refractivity contribution in [2.45, 2.75) is 50.8 Å². The van der Waals surface area contributed by atoms with Crippen molar-refractivity contribution in [1.29, 1.82) is 0 Å². The molecule has 2 saturated carbocycles. The van der Waals surface area contributed by atoms with Crippen molar-refractivity contribution in [3.63, 3.8) is 0 Å². The molecule has 17 heavy (non-hydrogen) atoms. The molecule has 1 unspecified atom stereocenters. The van der Waals surface area contributed by atoms with E-state index in [-0.39, 0.29) is 0 Å². The zero-order chi connectivity index (χ0) is 11.7. The summed E-state index contributed by atoms with van der Waals surface area (Å²) in [4.78, 5) is 1.52. The first-order chi connectivity index (χ1) is 8.36. The maximum absolute atomic E-state index is 5.62. The molecule has 0 bridgehead atoms. The second kappa shape index (κ2) is 5.09. The Morgan fingerprint density at radius 3 is 2.88 bits per heavy atom. The first-order valence-electron chi connectivity index (χ1n) is 6.78. The van der Waals surface area contributed by atoms with Crippen LogP contribution in [-0.2, 0) is 4.74 Å². The molecule has 0 aromatic carbocycles. The molecule has 2 aliphatic rings. The monoisotopic (exact) mass is 251 g/mol. The van der Waals surface area contributed by atoms with Crippen LogP contribution in [0.25, 0.3) is 0 Å². The fourth-order valence-electron chi connectivity index (χ4n) is 2.68. The molecule has 0 radical (unpaired) electrons. The zero-order valence-corrected chi connectivity index (χ0v) is 11.2. The van der Waals surface area contributed by atoms with Gasteiger partial charge in [0.2, 0.25) is 0 Å². The van der Waals surface area contributed by atoms with Gasteiger partial charge in [-0.15, -0.1) is 11.3 Å². The van der Waals surface area contributed by atoms with E-state index in [0.29, 0.717) is 18.2 Å². The van der Waals surface area contributed by atoms with E-state index in [4.69, 9.17) is 4.74 Å². The summed E-state index contributed by atoms with van der Waals surface area (Å²) in [5.74, 6) is 0.889. The van der Waals surface area contributed by atoms with Crippen LogP contribution in [0.4, 0.5) is 0 Å². The van der Waals surface area contributed by atoms with Gasteiger partial charge >= 0.3 is 0 Å². The molecular weight excluding hydrogens is 230 g/mol. The van der Waals surface area contributed by atoms with E-state index >= 15 is 0 Å². The molecule has 2 fully saturated rings. The average Bonchev–Trinajstić information content (AvgIpc) is 2.96. The minimum absolute atomic E-state index is 0.515. The van der Waals surface area contributed by atoms with Gasteiger partial charge in [-0.2, -0.15) is 0 Å². The van der Waals surface area contributed by atoms with Crippen molar-refractivity contribution < 1.29 is 4.74 Å². The van der Waals surface area contributed by atoms with Gasteiger partial charge in [-0.25, -0.2) is 0 Å². The summed E-state index contributed by atoms with van der Waals surface area (Å²) in [5, 5.41) is 6.03. The van der Waals surface area contributed by atoms with Crippen LogP contribution in [0.1, 0.15) is 43.5 Å². The van der Waals surface area contributed by atoms with Gasteiger partial charge in [-0.3, -0.25) is 0 Å². The van der Waals surface area contributed by atoms with Gasteiger partial charge in [-0.1, -0.05) is 6.07 Å². The summed E-state index contributed by atoms with van der Waals surface area (Å²) in [5.41, 5.74) is 0. The van der Waals surface area contributed by atoms with E-state index in [0.717, 1.165) is 12.5 Å². The summed E-state index contributed by atoms with van der Waals surface area (Å²) >= 11 is 1.89. The van der Waals surface area contributed by atoms with E-state index in [9.17, 15) is 0 Å². The zero-order valence-electron chi connectivity index (χ0n) is 10.4. The molecule has 1 heterocycles. The average molecular weight is 251 g/mol. The molecule has 1 aromatic rings. The van der Waals surface area contributed by atoms with Crippen LogP contribution in [0, 0.1) is 5.92 Å². The lowest BCUT2D eigenvalue weighted by atomic mass is 9.88. The van der Waals surface area contributed by atoms with Crippen LogP contribution in [0.15, 0.2) is 17.5 Å². The lowest BCUT2D eigenvalue weighted by molar-refractivity contribution is -0.0130. The second-order valence-corrected chi connectivity index (χ2v) is 6.22. The second-order valence-electron chi connectivity index (χ2n) is 5.24. The van der Waals surface area contributed by atoms with Crippen molar-refractivity contribution in [2.24, 2.45) is 5.92 Å². The highest BCUT2D eigenvalue weighted by molar-refractivity contribution is 7.10. The molecule has 2 aliphatic carbocycles. The van der Waals surface area contributed by atoms with E-state index in [1.807, 2.05) is 11.3 Å². The van der Waals surface area contributed by atoms with Crippen molar-refractivity contribution in [3.05, 3.63) is 22.4 Å². The number of nitrogens with one attached hydrogen (secondary N) is 1. The Morgan fingerprint density at radius 1 is 1.47 bits per heavy atom. The van der Waals surface area contributed by atoms with Crippen molar-refractivity contribution >= 4 is 11.3 Å². The van der Waals surface area contributed by atoms with Gasteiger partial charge in [0.1, 0.15) is 0 Å². The predicted molar refractivity (Wildman–Crippen MR) is 71.4 cm³/mol. The highest BCUT2D eigenvalue weighted by atomic mass is 32.1. The van der Waals surface area contributed by atoms with Crippen LogP contribution in [0.2, 0.25) is 0 Å². The predicted octanol–water partition coefficient (Wildman–Crippen LogP) is 3.36. The third-order valence-corrected chi connectivity index (χ3v) is 4.81. The normalized spacial score (nSPS) is 29.9. The summed E-state index contributed by atoms with van der Waals surface area (Å²) in [6.45, 7) is 2.94. The minimum Gasteiger partial charge on any atom is -0.378 e. The molecule has 0 spiro atoms. The van der Waals surface area contributed by atoms with Crippen LogP contribution in [0.5, 0.6) is 0 Å². The van der Waals surface area contributed by atoms with Gasteiger partial charge in [-0.05, 0) is 50.0 Å². The SMILES string of the molecule is CCOC1CC(NC(c2cccs2)C2CC2)C1. The molecule has 1 N–H and O–H groups in total. The fraction of sp³-hybridized carbons (Fsp3) is 0.714. The number of hydrogen-bond acceptors (Lipinski definition) is 3. The molecule has 3 rings (SSSR count). The van der Waals surface area contributed by atoms with Crippen molar-refractivity contribution in [2.75, 3.05) is 6.61 Å². The number of ether oxygens (including phenoxy) is 1. The number of rotatable bonds is 6. The van der Waals surface area contributed by atoms with Gasteiger partial charge < -0.3 is 10.1 Å². The first-order valence-corrected chi connectivity index (χ1v) is 7.66. The maximum atomic E-state index is 5.62. The Kier molecular flexibility index (Phi) is 3.50. The molecule has 3 heteroatoms. The maximum Gasteiger partial charge on any atom is 0.0604 e. The lowest BCUT2D eigenvalue weighted by Crippen LogP contribution is -2.47. The quantitative estimate of drug-likeness (QED) is 0.837. The van der Waals surface area contributed by atoms with Crippen molar-refractivity contribution in [3.8, 4) is 0 Å². The smallest absolute Gasteiger partial charge is 0.0604 e. The Morgan fingerprint density at radius 2 is 2.29 bits per heavy atom. The number of hydrogen-bond donors (Lipinski definition) is 1. The highest BCUT2D eigenvalue weighted by Crippen LogP contribution is 2.43. The van der Waals surface area contributed by atoms with Crippen LogP contribution >= 0.6 is 11.3 Å². The van der Waals surface area contributed by atoms with E-state index in [1.165, 1.54) is 30.6 Å². The summed E-state index contributed by atoms with van der Waals surface area (Å²) < 4.78 is 5.62. The van der Waals surface area contributed by atoms with Crippen LogP contribution < -0.4 is 5.32 Å². The van der Waals surface area contributed by atoms with Gasteiger partial charge in [0.05, 0.1) is 6.10 Å². The third-order valence-electron chi connectivity index (χ3n) is 3.86. The lowest BCUT2D eigenvalue weighted by Gasteiger charge is -2.38. The van der Waals surface area contributed by atoms with Crippen LogP contribution in [0.3, 0.4) is 0 Å². The minimum atomic E-state index is 0.515.